The Balaban J connectivity index is 2.72. The van der Waals surface area contributed by atoms with Gasteiger partial charge in [-0.2, -0.15) is 0 Å². The van der Waals surface area contributed by atoms with Gasteiger partial charge in [-0.3, -0.25) is 4.79 Å². The van der Waals surface area contributed by atoms with E-state index in [4.69, 9.17) is 10.5 Å². The molecule has 2 aromatic rings. The van der Waals surface area contributed by atoms with Crippen LogP contribution in [0.15, 0.2) is 24.4 Å². The third-order valence-corrected chi connectivity index (χ3v) is 2.88. The molecule has 17 heavy (non-hydrogen) atoms. The Labute approximate surface area is 100.0 Å². The van der Waals surface area contributed by atoms with Gasteiger partial charge in [0.1, 0.15) is 0 Å². The van der Waals surface area contributed by atoms with Crippen molar-refractivity contribution in [2.45, 2.75) is 13.0 Å². The highest BCUT2D eigenvalue weighted by Crippen LogP contribution is 2.30. The number of rotatable bonds is 3. The maximum atomic E-state index is 12.0. The molecule has 1 aromatic carbocycles. The van der Waals surface area contributed by atoms with Gasteiger partial charge in [-0.1, -0.05) is 6.07 Å². The fourth-order valence-corrected chi connectivity index (χ4v) is 2.00. The van der Waals surface area contributed by atoms with Crippen LogP contribution in [0.3, 0.4) is 0 Å². The molecule has 2 rings (SSSR count). The summed E-state index contributed by atoms with van der Waals surface area (Å²) in [6, 6.07) is 5.14. The van der Waals surface area contributed by atoms with Gasteiger partial charge >= 0.3 is 0 Å². The average Bonchev–Trinajstić information content (AvgIpc) is 2.69. The van der Waals surface area contributed by atoms with E-state index in [1.165, 1.54) is 0 Å². The molecule has 0 amide bonds. The molecule has 0 spiro atoms. The minimum atomic E-state index is -0.526. The first-order chi connectivity index (χ1) is 8.06. The molecule has 0 bridgehead atoms. The molecule has 1 aromatic heterocycles. The van der Waals surface area contributed by atoms with Crippen molar-refractivity contribution in [2.24, 2.45) is 12.8 Å². The quantitative estimate of drug-likeness (QED) is 0.820. The summed E-state index contributed by atoms with van der Waals surface area (Å²) >= 11 is 0. The van der Waals surface area contributed by atoms with E-state index in [2.05, 4.69) is 0 Å². The van der Waals surface area contributed by atoms with E-state index in [0.29, 0.717) is 11.3 Å². The van der Waals surface area contributed by atoms with Crippen LogP contribution in [-0.4, -0.2) is 23.5 Å². The highest BCUT2D eigenvalue weighted by atomic mass is 16.5. The molecule has 1 unspecified atom stereocenters. The summed E-state index contributed by atoms with van der Waals surface area (Å²) in [6.07, 6.45) is 1.94. The van der Waals surface area contributed by atoms with E-state index >= 15 is 0 Å². The van der Waals surface area contributed by atoms with E-state index in [1.807, 2.05) is 29.9 Å². The van der Waals surface area contributed by atoms with Gasteiger partial charge < -0.3 is 15.0 Å². The van der Waals surface area contributed by atoms with Crippen LogP contribution in [0.4, 0.5) is 0 Å². The Morgan fingerprint density at radius 1 is 1.41 bits per heavy atom. The Morgan fingerprint density at radius 2 is 2.12 bits per heavy atom. The van der Waals surface area contributed by atoms with Gasteiger partial charge in [0.25, 0.3) is 0 Å². The van der Waals surface area contributed by atoms with Crippen molar-refractivity contribution < 1.29 is 9.53 Å². The van der Waals surface area contributed by atoms with Crippen LogP contribution in [0.2, 0.25) is 0 Å². The molecule has 1 heterocycles. The normalized spacial score (nSPS) is 12.7. The smallest absolute Gasteiger partial charge is 0.183 e. The molecule has 0 fully saturated rings. The zero-order valence-corrected chi connectivity index (χ0v) is 10.2. The number of nitrogens with zero attached hydrogens (tertiary/aromatic N) is 1. The lowest BCUT2D eigenvalue weighted by Crippen LogP contribution is -2.27. The molecule has 4 nitrogen and oxygen atoms in total. The number of fused-ring (bicyclic) bond motifs is 1. The first-order valence-electron chi connectivity index (χ1n) is 5.48. The number of benzene rings is 1. The van der Waals surface area contributed by atoms with E-state index in [1.54, 1.807) is 20.1 Å². The largest absolute Gasteiger partial charge is 0.494 e. The monoisotopic (exact) mass is 232 g/mol. The van der Waals surface area contributed by atoms with E-state index < -0.39 is 6.04 Å². The molecular formula is C13H16N2O2. The predicted octanol–water partition coefficient (Wildman–Crippen LogP) is 1.72. The highest BCUT2D eigenvalue weighted by Gasteiger charge is 2.19. The fraction of sp³-hybridized carbons (Fsp3) is 0.308. The lowest BCUT2D eigenvalue weighted by molar-refractivity contribution is 0.0965. The van der Waals surface area contributed by atoms with Crippen LogP contribution in [0.1, 0.15) is 17.3 Å². The molecule has 1 atom stereocenters. The summed E-state index contributed by atoms with van der Waals surface area (Å²) in [5.74, 6) is 0.488. The molecular weight excluding hydrogens is 216 g/mol. The number of methoxy groups -OCH3 is 1. The number of carbonyl (C=O) groups is 1. The number of aryl methyl sites for hydroxylation is 1. The minimum Gasteiger partial charge on any atom is -0.494 e. The molecule has 0 saturated carbocycles. The van der Waals surface area contributed by atoms with Crippen LogP contribution < -0.4 is 10.5 Å². The Bertz CT molecular complexity index is 570. The van der Waals surface area contributed by atoms with Crippen molar-refractivity contribution in [2.75, 3.05) is 7.11 Å². The predicted molar refractivity (Wildman–Crippen MR) is 67.5 cm³/mol. The maximum Gasteiger partial charge on any atom is 0.183 e. The molecule has 0 radical (unpaired) electrons. The standard InChI is InChI=1S/C13H16N2O2/c1-8(14)12(16)10-5-4-9-6-7-15(2)11(9)13(10)17-3/h4-8H,14H2,1-3H3. The lowest BCUT2D eigenvalue weighted by Gasteiger charge is -2.12. The Morgan fingerprint density at radius 3 is 2.71 bits per heavy atom. The van der Waals surface area contributed by atoms with Gasteiger partial charge in [0.2, 0.25) is 0 Å². The summed E-state index contributed by atoms with van der Waals surface area (Å²) < 4.78 is 7.31. The highest BCUT2D eigenvalue weighted by molar-refractivity contribution is 6.06. The number of carbonyl (C=O) groups excluding carboxylic acids is 1. The summed E-state index contributed by atoms with van der Waals surface area (Å²) in [7, 11) is 3.49. The zero-order chi connectivity index (χ0) is 12.6. The Kier molecular flexibility index (Phi) is 2.90. The van der Waals surface area contributed by atoms with E-state index in [0.717, 1.165) is 10.9 Å². The number of Topliss-reactive ketones (excluding diaryl/α,β-unsaturated/α-hetero) is 1. The number of ether oxygens (including phenoxy) is 1. The lowest BCUT2D eigenvalue weighted by atomic mass is 10.0. The van der Waals surface area contributed by atoms with Crippen LogP contribution in [0.25, 0.3) is 10.9 Å². The third kappa shape index (κ3) is 1.80. The number of hydrogen-bond acceptors (Lipinski definition) is 3. The van der Waals surface area contributed by atoms with Crippen LogP contribution in [0, 0.1) is 0 Å². The van der Waals surface area contributed by atoms with Gasteiger partial charge in [0.15, 0.2) is 11.5 Å². The van der Waals surface area contributed by atoms with Crippen LogP contribution in [-0.2, 0) is 7.05 Å². The molecule has 0 aliphatic rings. The summed E-state index contributed by atoms with van der Waals surface area (Å²) in [6.45, 7) is 1.68. The summed E-state index contributed by atoms with van der Waals surface area (Å²) in [5, 5.41) is 1.05. The second kappa shape index (κ2) is 4.22. The zero-order valence-electron chi connectivity index (χ0n) is 10.2. The second-order valence-corrected chi connectivity index (χ2v) is 4.16. The topological polar surface area (TPSA) is 57.2 Å². The fourth-order valence-electron chi connectivity index (χ4n) is 2.00. The number of ketones is 1. The van der Waals surface area contributed by atoms with Crippen molar-refractivity contribution in [1.29, 1.82) is 0 Å². The first kappa shape index (κ1) is 11.7. The van der Waals surface area contributed by atoms with Crippen molar-refractivity contribution in [3.8, 4) is 5.75 Å². The molecule has 0 aliphatic carbocycles. The Hall–Kier alpha value is -1.81. The average molecular weight is 232 g/mol. The van der Waals surface area contributed by atoms with Gasteiger partial charge in [0, 0.05) is 18.6 Å². The third-order valence-electron chi connectivity index (χ3n) is 2.88. The van der Waals surface area contributed by atoms with Crippen molar-refractivity contribution in [1.82, 2.24) is 4.57 Å². The summed E-state index contributed by atoms with van der Waals surface area (Å²) in [4.78, 5) is 12.0. The van der Waals surface area contributed by atoms with E-state index in [-0.39, 0.29) is 5.78 Å². The molecule has 0 saturated heterocycles. The van der Waals surface area contributed by atoms with Gasteiger partial charge in [-0.15, -0.1) is 0 Å². The molecule has 4 heteroatoms. The number of nitrogens with two attached hydrogens (primary N) is 1. The van der Waals surface area contributed by atoms with Crippen LogP contribution >= 0.6 is 0 Å². The maximum absolute atomic E-state index is 12.0. The van der Waals surface area contributed by atoms with Gasteiger partial charge in [-0.25, -0.2) is 0 Å². The van der Waals surface area contributed by atoms with Gasteiger partial charge in [0.05, 0.1) is 24.2 Å². The SMILES string of the molecule is COc1c(C(=O)C(C)N)ccc2ccn(C)c12. The first-order valence-corrected chi connectivity index (χ1v) is 5.48. The van der Waals surface area contributed by atoms with E-state index in [9.17, 15) is 4.79 Å². The molecule has 90 valence electrons. The van der Waals surface area contributed by atoms with Gasteiger partial charge in [-0.05, 0) is 19.1 Å². The second-order valence-electron chi connectivity index (χ2n) is 4.16. The van der Waals surface area contributed by atoms with Crippen molar-refractivity contribution in [3.05, 3.63) is 30.0 Å². The number of aromatic nitrogens is 1. The van der Waals surface area contributed by atoms with Crippen molar-refractivity contribution in [3.63, 3.8) is 0 Å². The minimum absolute atomic E-state index is 0.107. The molecule has 2 N–H and O–H groups in total. The van der Waals surface area contributed by atoms with Crippen molar-refractivity contribution >= 4 is 16.7 Å². The summed E-state index contributed by atoms with van der Waals surface area (Å²) in [5.41, 5.74) is 7.09. The van der Waals surface area contributed by atoms with Crippen LogP contribution in [0.5, 0.6) is 5.75 Å². The molecule has 0 aliphatic heterocycles. The number of hydrogen-bond donors (Lipinski definition) is 1.